The zero-order valence-corrected chi connectivity index (χ0v) is 15.0. The lowest BCUT2D eigenvalue weighted by Gasteiger charge is -2.29. The Morgan fingerprint density at radius 1 is 1.04 bits per heavy atom. The van der Waals surface area contributed by atoms with Crippen LogP contribution in [0.2, 0.25) is 0 Å². The predicted octanol–water partition coefficient (Wildman–Crippen LogP) is 2.61. The number of hydrogen-bond acceptors (Lipinski definition) is 6. The summed E-state index contributed by atoms with van der Waals surface area (Å²) in [7, 11) is 3.13. The van der Waals surface area contributed by atoms with Crippen LogP contribution in [0.25, 0.3) is 0 Å². The molecule has 0 aliphatic heterocycles. The van der Waals surface area contributed by atoms with Crippen LogP contribution in [0, 0.1) is 0 Å². The molecule has 0 saturated heterocycles. The van der Waals surface area contributed by atoms with Crippen LogP contribution in [0.4, 0.5) is 0 Å². The third kappa shape index (κ3) is 4.62. The van der Waals surface area contributed by atoms with E-state index in [4.69, 9.17) is 14.2 Å². The fraction of sp³-hybridized carbons (Fsp3) is 0.421. The molecule has 0 radical (unpaired) electrons. The van der Waals surface area contributed by atoms with E-state index in [1.54, 1.807) is 51.0 Å². The van der Waals surface area contributed by atoms with Gasteiger partial charge in [-0.15, -0.1) is 0 Å². The second kappa shape index (κ2) is 8.51. The summed E-state index contributed by atoms with van der Waals surface area (Å²) in [6, 6.07) is 5.29. The summed E-state index contributed by atoms with van der Waals surface area (Å²) in [5, 5.41) is 3.09. The van der Waals surface area contributed by atoms with Gasteiger partial charge in [0.15, 0.2) is 0 Å². The first kappa shape index (κ1) is 18.0. The fourth-order valence-corrected chi connectivity index (χ4v) is 3.05. The molecule has 0 spiro atoms. The van der Waals surface area contributed by atoms with E-state index in [9.17, 15) is 4.79 Å². The summed E-state index contributed by atoms with van der Waals surface area (Å²) < 4.78 is 16.3. The molecule has 1 aliphatic rings. The molecule has 138 valence electrons. The number of aromatic nitrogens is 2. The fourth-order valence-electron chi connectivity index (χ4n) is 3.05. The van der Waals surface area contributed by atoms with E-state index < -0.39 is 0 Å². The molecule has 1 amide bonds. The molecule has 26 heavy (non-hydrogen) atoms. The molecule has 1 aromatic heterocycles. The predicted molar refractivity (Wildman–Crippen MR) is 95.7 cm³/mol. The third-order valence-electron chi connectivity index (χ3n) is 4.45. The van der Waals surface area contributed by atoms with Crippen molar-refractivity contribution in [2.24, 2.45) is 0 Å². The summed E-state index contributed by atoms with van der Waals surface area (Å²) in [6.07, 6.45) is 8.40. The lowest BCUT2D eigenvalue weighted by molar-refractivity contribution is 0.0889. The average Bonchev–Trinajstić information content (AvgIpc) is 2.69. The van der Waals surface area contributed by atoms with E-state index in [2.05, 4.69) is 15.3 Å². The molecule has 2 aromatic rings. The van der Waals surface area contributed by atoms with Gasteiger partial charge in [-0.25, -0.2) is 4.98 Å². The second-order valence-electron chi connectivity index (χ2n) is 6.21. The van der Waals surface area contributed by atoms with E-state index in [1.165, 1.54) is 0 Å². The van der Waals surface area contributed by atoms with Crippen molar-refractivity contribution in [1.29, 1.82) is 0 Å². The number of carbonyl (C=O) groups is 1. The van der Waals surface area contributed by atoms with Crippen molar-refractivity contribution in [3.63, 3.8) is 0 Å². The van der Waals surface area contributed by atoms with Crippen LogP contribution in [0.5, 0.6) is 17.4 Å². The highest BCUT2D eigenvalue weighted by atomic mass is 16.5. The maximum Gasteiger partial charge on any atom is 0.251 e. The molecular formula is C19H23N3O4. The number of nitrogens with zero attached hydrogens (tertiary/aromatic N) is 2. The van der Waals surface area contributed by atoms with Crippen molar-refractivity contribution >= 4 is 5.91 Å². The van der Waals surface area contributed by atoms with Gasteiger partial charge in [0.2, 0.25) is 5.88 Å². The van der Waals surface area contributed by atoms with Gasteiger partial charge in [0.25, 0.3) is 5.91 Å². The highest BCUT2D eigenvalue weighted by molar-refractivity contribution is 5.95. The molecule has 1 saturated carbocycles. The van der Waals surface area contributed by atoms with Gasteiger partial charge < -0.3 is 19.5 Å². The molecule has 7 nitrogen and oxygen atoms in total. The van der Waals surface area contributed by atoms with Crippen LogP contribution in [-0.4, -0.2) is 42.2 Å². The van der Waals surface area contributed by atoms with Gasteiger partial charge in [0.1, 0.15) is 17.6 Å². The van der Waals surface area contributed by atoms with Gasteiger partial charge in [0, 0.05) is 30.1 Å². The van der Waals surface area contributed by atoms with Gasteiger partial charge in [-0.1, -0.05) is 0 Å². The highest BCUT2D eigenvalue weighted by Crippen LogP contribution is 2.25. The normalized spacial score (nSPS) is 19.5. The Hall–Kier alpha value is -2.83. The number of hydrogen-bond donors (Lipinski definition) is 1. The van der Waals surface area contributed by atoms with E-state index >= 15 is 0 Å². The van der Waals surface area contributed by atoms with E-state index in [0.717, 1.165) is 25.7 Å². The third-order valence-corrected chi connectivity index (χ3v) is 4.45. The number of ether oxygens (including phenoxy) is 3. The SMILES string of the molecule is COc1cc(OC)cc(C(=O)NC2CCC(Oc3cnccn3)CC2)c1. The summed E-state index contributed by atoms with van der Waals surface area (Å²) in [5.41, 5.74) is 0.527. The van der Waals surface area contributed by atoms with Crippen LogP contribution >= 0.6 is 0 Å². The topological polar surface area (TPSA) is 82.6 Å². The molecule has 7 heteroatoms. The van der Waals surface area contributed by atoms with Crippen LogP contribution in [0.3, 0.4) is 0 Å². The summed E-state index contributed by atoms with van der Waals surface area (Å²) in [6.45, 7) is 0. The van der Waals surface area contributed by atoms with E-state index in [1.807, 2.05) is 0 Å². The number of benzene rings is 1. The lowest BCUT2D eigenvalue weighted by atomic mass is 9.92. The number of nitrogens with one attached hydrogen (secondary N) is 1. The van der Waals surface area contributed by atoms with Crippen LogP contribution in [0.1, 0.15) is 36.0 Å². The molecule has 1 N–H and O–H groups in total. The molecule has 1 fully saturated rings. The lowest BCUT2D eigenvalue weighted by Crippen LogP contribution is -2.39. The van der Waals surface area contributed by atoms with Gasteiger partial charge >= 0.3 is 0 Å². The number of carbonyl (C=O) groups excluding carboxylic acids is 1. The summed E-state index contributed by atoms with van der Waals surface area (Å²) in [5.74, 6) is 1.61. The first-order valence-electron chi connectivity index (χ1n) is 8.64. The summed E-state index contributed by atoms with van der Waals surface area (Å²) in [4.78, 5) is 20.7. The van der Waals surface area contributed by atoms with Crippen molar-refractivity contribution in [1.82, 2.24) is 15.3 Å². The first-order chi connectivity index (χ1) is 12.7. The Morgan fingerprint density at radius 3 is 2.31 bits per heavy atom. The first-order valence-corrected chi connectivity index (χ1v) is 8.64. The molecule has 3 rings (SSSR count). The maximum atomic E-state index is 12.6. The van der Waals surface area contributed by atoms with Crippen molar-refractivity contribution in [3.8, 4) is 17.4 Å². The minimum Gasteiger partial charge on any atom is -0.497 e. The van der Waals surface area contributed by atoms with Crippen LogP contribution in [-0.2, 0) is 0 Å². The number of methoxy groups -OCH3 is 2. The van der Waals surface area contributed by atoms with Gasteiger partial charge in [-0.05, 0) is 37.8 Å². The molecule has 0 atom stereocenters. The molecule has 0 bridgehead atoms. The van der Waals surface area contributed by atoms with Crippen molar-refractivity contribution in [2.45, 2.75) is 37.8 Å². The maximum absolute atomic E-state index is 12.6. The summed E-state index contributed by atoms with van der Waals surface area (Å²) >= 11 is 0. The van der Waals surface area contributed by atoms with Crippen LogP contribution in [0.15, 0.2) is 36.8 Å². The van der Waals surface area contributed by atoms with Crippen molar-refractivity contribution in [2.75, 3.05) is 14.2 Å². The quantitative estimate of drug-likeness (QED) is 0.856. The molecule has 1 aromatic carbocycles. The zero-order chi connectivity index (χ0) is 18.4. The zero-order valence-electron chi connectivity index (χ0n) is 15.0. The van der Waals surface area contributed by atoms with Gasteiger partial charge in [0.05, 0.1) is 20.4 Å². The van der Waals surface area contributed by atoms with E-state index in [-0.39, 0.29) is 18.1 Å². The smallest absolute Gasteiger partial charge is 0.251 e. The van der Waals surface area contributed by atoms with Crippen molar-refractivity contribution in [3.05, 3.63) is 42.4 Å². The minimum absolute atomic E-state index is 0.108. The standard InChI is InChI=1S/C19H23N3O4/c1-24-16-9-13(10-17(11-16)25-2)19(23)22-14-3-5-15(6-4-14)26-18-12-20-7-8-21-18/h7-12,14-15H,3-6H2,1-2H3,(H,22,23). The largest absolute Gasteiger partial charge is 0.497 e. The Labute approximate surface area is 152 Å². The minimum atomic E-state index is -0.125. The highest BCUT2D eigenvalue weighted by Gasteiger charge is 2.24. The monoisotopic (exact) mass is 357 g/mol. The van der Waals surface area contributed by atoms with Crippen molar-refractivity contribution < 1.29 is 19.0 Å². The Bertz CT molecular complexity index is 709. The van der Waals surface area contributed by atoms with Gasteiger partial charge in [-0.2, -0.15) is 0 Å². The Morgan fingerprint density at radius 2 is 1.73 bits per heavy atom. The molecular weight excluding hydrogens is 334 g/mol. The molecule has 1 heterocycles. The van der Waals surface area contributed by atoms with Gasteiger partial charge in [-0.3, -0.25) is 9.78 Å². The number of rotatable bonds is 6. The molecule has 0 unspecified atom stereocenters. The average molecular weight is 357 g/mol. The van der Waals surface area contributed by atoms with Crippen LogP contribution < -0.4 is 19.5 Å². The van der Waals surface area contributed by atoms with E-state index in [0.29, 0.717) is 22.9 Å². The Balaban J connectivity index is 1.53. The molecule has 1 aliphatic carbocycles. The Kier molecular flexibility index (Phi) is 5.88. The second-order valence-corrected chi connectivity index (χ2v) is 6.21. The number of amides is 1.